The summed E-state index contributed by atoms with van der Waals surface area (Å²) in [5.41, 5.74) is 5.03. The second-order valence-corrected chi connectivity index (χ2v) is 8.69. The molecule has 168 valence electrons. The molecule has 1 aliphatic heterocycles. The predicted molar refractivity (Wildman–Crippen MR) is 129 cm³/mol. The highest BCUT2D eigenvalue weighted by Gasteiger charge is 2.20. The fraction of sp³-hybridized carbons (Fsp3) is 0.269. The summed E-state index contributed by atoms with van der Waals surface area (Å²) in [6, 6.07) is 20.0. The van der Waals surface area contributed by atoms with Crippen molar-refractivity contribution in [1.29, 1.82) is 5.26 Å². The lowest BCUT2D eigenvalue weighted by atomic mass is 9.99. The van der Waals surface area contributed by atoms with Crippen LogP contribution >= 0.6 is 11.8 Å². The lowest BCUT2D eigenvalue weighted by Gasteiger charge is -2.26. The number of pyridine rings is 1. The molecule has 0 aliphatic carbocycles. The number of hydrogen-bond acceptors (Lipinski definition) is 6. The Labute approximate surface area is 198 Å². The van der Waals surface area contributed by atoms with Gasteiger partial charge in [0.25, 0.3) is 0 Å². The zero-order chi connectivity index (χ0) is 23.2. The van der Waals surface area contributed by atoms with Crippen LogP contribution in [-0.4, -0.2) is 55.0 Å². The molecular weight excluding hydrogens is 434 g/mol. The molecule has 1 saturated heterocycles. The molecule has 0 saturated carbocycles. The summed E-state index contributed by atoms with van der Waals surface area (Å²) in [7, 11) is 1.62. The van der Waals surface area contributed by atoms with E-state index in [-0.39, 0.29) is 11.7 Å². The Balaban J connectivity index is 1.72. The quantitative estimate of drug-likeness (QED) is 0.503. The third-order valence-electron chi connectivity index (χ3n) is 5.54. The van der Waals surface area contributed by atoms with Gasteiger partial charge in [-0.1, -0.05) is 53.7 Å². The number of ether oxygens (including phenoxy) is 2. The van der Waals surface area contributed by atoms with Crippen molar-refractivity contribution in [2.75, 3.05) is 39.2 Å². The molecule has 0 N–H and O–H groups in total. The first-order valence-electron chi connectivity index (χ1n) is 10.7. The standard InChI is InChI=1S/C26H25N3O3S/c1-18-3-5-20(6-4-18)24-15-22(19-7-9-21(31-2)10-8-19)23(16-27)26(28-24)33-17-25(30)29-11-13-32-14-12-29/h3-10,15H,11-14,17H2,1-2H3. The summed E-state index contributed by atoms with van der Waals surface area (Å²) in [5, 5.41) is 10.6. The van der Waals surface area contributed by atoms with Gasteiger partial charge in [0.2, 0.25) is 5.91 Å². The van der Waals surface area contributed by atoms with E-state index in [9.17, 15) is 10.1 Å². The molecule has 1 aromatic heterocycles. The summed E-state index contributed by atoms with van der Waals surface area (Å²) in [5.74, 6) is 0.998. The van der Waals surface area contributed by atoms with Crippen LogP contribution in [0.25, 0.3) is 22.4 Å². The number of hydrogen-bond donors (Lipinski definition) is 0. The van der Waals surface area contributed by atoms with Gasteiger partial charge < -0.3 is 14.4 Å². The second-order valence-electron chi connectivity index (χ2n) is 7.72. The molecule has 3 aromatic rings. The summed E-state index contributed by atoms with van der Waals surface area (Å²) >= 11 is 1.31. The molecule has 2 aromatic carbocycles. The number of carbonyl (C=O) groups excluding carboxylic acids is 1. The number of nitrogens with zero attached hydrogens (tertiary/aromatic N) is 3. The number of aryl methyl sites for hydroxylation is 1. The van der Waals surface area contributed by atoms with Gasteiger partial charge in [-0.3, -0.25) is 4.79 Å². The number of aromatic nitrogens is 1. The lowest BCUT2D eigenvalue weighted by Crippen LogP contribution is -2.41. The number of benzene rings is 2. The zero-order valence-corrected chi connectivity index (χ0v) is 19.5. The molecule has 1 fully saturated rings. The summed E-state index contributed by atoms with van der Waals surface area (Å²) < 4.78 is 10.6. The van der Waals surface area contributed by atoms with Crippen LogP contribution in [0.2, 0.25) is 0 Å². The van der Waals surface area contributed by atoms with E-state index < -0.39 is 0 Å². The van der Waals surface area contributed by atoms with Crippen molar-refractivity contribution in [3.05, 3.63) is 65.7 Å². The van der Waals surface area contributed by atoms with Gasteiger partial charge in [-0.2, -0.15) is 5.26 Å². The number of morpholine rings is 1. The number of methoxy groups -OCH3 is 1. The summed E-state index contributed by atoms with van der Waals surface area (Å²) in [6.07, 6.45) is 0. The van der Waals surface area contributed by atoms with Gasteiger partial charge in [0, 0.05) is 24.2 Å². The number of rotatable bonds is 6. The van der Waals surface area contributed by atoms with Crippen LogP contribution in [0.4, 0.5) is 0 Å². The first-order valence-corrected chi connectivity index (χ1v) is 11.7. The minimum absolute atomic E-state index is 0.0285. The Morgan fingerprint density at radius 2 is 1.79 bits per heavy atom. The van der Waals surface area contributed by atoms with E-state index in [1.807, 2.05) is 61.5 Å². The van der Waals surface area contributed by atoms with E-state index in [0.717, 1.165) is 33.7 Å². The number of nitriles is 1. The largest absolute Gasteiger partial charge is 0.497 e. The molecule has 4 rings (SSSR count). The highest BCUT2D eigenvalue weighted by Crippen LogP contribution is 2.35. The maximum absolute atomic E-state index is 12.7. The molecule has 0 atom stereocenters. The van der Waals surface area contributed by atoms with Crippen LogP contribution < -0.4 is 4.74 Å². The average molecular weight is 460 g/mol. The van der Waals surface area contributed by atoms with E-state index in [4.69, 9.17) is 14.5 Å². The van der Waals surface area contributed by atoms with Crippen LogP contribution in [0.1, 0.15) is 11.1 Å². The number of carbonyl (C=O) groups is 1. The Morgan fingerprint density at radius 3 is 2.42 bits per heavy atom. The van der Waals surface area contributed by atoms with Gasteiger partial charge in [0.1, 0.15) is 16.8 Å². The Morgan fingerprint density at radius 1 is 1.12 bits per heavy atom. The molecule has 0 bridgehead atoms. The van der Waals surface area contributed by atoms with E-state index >= 15 is 0 Å². The molecule has 1 aliphatic rings. The maximum Gasteiger partial charge on any atom is 0.233 e. The van der Waals surface area contributed by atoms with Gasteiger partial charge in [0.05, 0.1) is 37.3 Å². The lowest BCUT2D eigenvalue weighted by molar-refractivity contribution is -0.132. The van der Waals surface area contributed by atoms with E-state index in [1.165, 1.54) is 11.8 Å². The fourth-order valence-corrected chi connectivity index (χ4v) is 4.54. The van der Waals surface area contributed by atoms with Crippen molar-refractivity contribution in [1.82, 2.24) is 9.88 Å². The van der Waals surface area contributed by atoms with Gasteiger partial charge in [-0.05, 0) is 30.7 Å². The fourth-order valence-electron chi connectivity index (χ4n) is 3.64. The molecule has 0 unspecified atom stereocenters. The van der Waals surface area contributed by atoms with Crippen LogP contribution in [0.3, 0.4) is 0 Å². The Kier molecular flexibility index (Phi) is 7.28. The smallest absolute Gasteiger partial charge is 0.233 e. The molecular formula is C26H25N3O3S. The van der Waals surface area contributed by atoms with Crippen LogP contribution in [0.15, 0.2) is 59.6 Å². The van der Waals surface area contributed by atoms with Gasteiger partial charge in [-0.15, -0.1) is 0 Å². The van der Waals surface area contributed by atoms with E-state index in [0.29, 0.717) is 36.9 Å². The van der Waals surface area contributed by atoms with Crippen molar-refractivity contribution in [3.63, 3.8) is 0 Å². The van der Waals surface area contributed by atoms with Gasteiger partial charge in [-0.25, -0.2) is 4.98 Å². The second kappa shape index (κ2) is 10.5. The topological polar surface area (TPSA) is 75.4 Å². The molecule has 1 amide bonds. The van der Waals surface area contributed by atoms with Crippen LogP contribution in [0, 0.1) is 18.3 Å². The Bertz CT molecular complexity index is 1170. The zero-order valence-electron chi connectivity index (χ0n) is 18.7. The van der Waals surface area contributed by atoms with Crippen LogP contribution in [-0.2, 0) is 9.53 Å². The molecule has 7 heteroatoms. The van der Waals surface area contributed by atoms with Crippen LogP contribution in [0.5, 0.6) is 5.75 Å². The minimum atomic E-state index is 0.0285. The van der Waals surface area contributed by atoms with Crippen molar-refractivity contribution >= 4 is 17.7 Å². The maximum atomic E-state index is 12.7. The minimum Gasteiger partial charge on any atom is -0.497 e. The number of amides is 1. The van der Waals surface area contributed by atoms with Gasteiger partial charge >= 0.3 is 0 Å². The highest BCUT2D eigenvalue weighted by molar-refractivity contribution is 8.00. The van der Waals surface area contributed by atoms with Crippen molar-refractivity contribution in [2.45, 2.75) is 11.9 Å². The van der Waals surface area contributed by atoms with Crippen molar-refractivity contribution < 1.29 is 14.3 Å². The average Bonchev–Trinajstić information content (AvgIpc) is 2.87. The van der Waals surface area contributed by atoms with Crippen molar-refractivity contribution in [2.24, 2.45) is 0 Å². The third kappa shape index (κ3) is 5.36. The molecule has 0 spiro atoms. The van der Waals surface area contributed by atoms with E-state index in [2.05, 4.69) is 6.07 Å². The molecule has 6 nitrogen and oxygen atoms in total. The Hall–Kier alpha value is -3.34. The first kappa shape index (κ1) is 22.8. The molecule has 33 heavy (non-hydrogen) atoms. The first-order chi connectivity index (χ1) is 16.1. The molecule has 0 radical (unpaired) electrons. The monoisotopic (exact) mass is 459 g/mol. The third-order valence-corrected chi connectivity index (χ3v) is 6.50. The number of thioether (sulfide) groups is 1. The van der Waals surface area contributed by atoms with Gasteiger partial charge in [0.15, 0.2) is 0 Å². The normalized spacial score (nSPS) is 13.4. The summed E-state index contributed by atoms with van der Waals surface area (Å²) in [4.78, 5) is 19.3. The van der Waals surface area contributed by atoms with E-state index in [1.54, 1.807) is 12.0 Å². The van der Waals surface area contributed by atoms with Crippen molar-refractivity contribution in [3.8, 4) is 34.2 Å². The molecule has 2 heterocycles. The SMILES string of the molecule is COc1ccc(-c2cc(-c3ccc(C)cc3)nc(SCC(=O)N3CCOCC3)c2C#N)cc1. The predicted octanol–water partition coefficient (Wildman–Crippen LogP) is 4.56. The highest BCUT2D eigenvalue weighted by atomic mass is 32.2. The summed E-state index contributed by atoms with van der Waals surface area (Å²) in [6.45, 7) is 4.35.